The number of hydrogen-bond acceptors (Lipinski definition) is 4. The van der Waals surface area contributed by atoms with E-state index in [1.165, 1.54) is 12.8 Å². The summed E-state index contributed by atoms with van der Waals surface area (Å²) in [5, 5.41) is 3.55. The van der Waals surface area contributed by atoms with Gasteiger partial charge in [0, 0.05) is 12.1 Å². The maximum Gasteiger partial charge on any atom is 0.150 e. The highest BCUT2D eigenvalue weighted by Crippen LogP contribution is 2.36. The summed E-state index contributed by atoms with van der Waals surface area (Å²) >= 11 is 0. The lowest BCUT2D eigenvalue weighted by molar-refractivity contribution is 0.277. The van der Waals surface area contributed by atoms with E-state index in [1.807, 2.05) is 0 Å². The molecule has 0 bridgehead atoms. The van der Waals surface area contributed by atoms with Crippen LogP contribution in [0.1, 0.15) is 32.6 Å². The van der Waals surface area contributed by atoms with Crippen molar-refractivity contribution in [1.82, 2.24) is 5.32 Å². The molecule has 3 N–H and O–H groups in total. The first-order valence-electron chi connectivity index (χ1n) is 6.62. The fourth-order valence-electron chi connectivity index (χ4n) is 2.59. The van der Waals surface area contributed by atoms with E-state index in [0.717, 1.165) is 12.5 Å². The molecule has 4 nitrogen and oxygen atoms in total. The van der Waals surface area contributed by atoms with Crippen LogP contribution in [0.3, 0.4) is 0 Å². The molecular weight excluding hydrogens is 236 g/mol. The highest BCUT2D eigenvalue weighted by molar-refractivity contribution is 7.91. The Labute approximate surface area is 104 Å². The van der Waals surface area contributed by atoms with Crippen LogP contribution in [-0.4, -0.2) is 38.6 Å². The van der Waals surface area contributed by atoms with Crippen molar-refractivity contribution in [3.63, 3.8) is 0 Å². The summed E-state index contributed by atoms with van der Waals surface area (Å²) < 4.78 is 22.9. The maximum atomic E-state index is 11.4. The molecule has 1 unspecified atom stereocenters. The van der Waals surface area contributed by atoms with Crippen LogP contribution in [0.2, 0.25) is 0 Å². The molecule has 17 heavy (non-hydrogen) atoms. The minimum Gasteiger partial charge on any atom is -0.329 e. The van der Waals surface area contributed by atoms with E-state index < -0.39 is 9.84 Å². The van der Waals surface area contributed by atoms with Crippen LogP contribution < -0.4 is 11.1 Å². The standard InChI is InChI=1S/C12H24N2O2S/c1-10(11-2-3-11)8-14-12(9-13)4-6-17(15,16)7-5-12/h10-11,14H,2-9,13H2,1H3. The number of sulfone groups is 1. The van der Waals surface area contributed by atoms with Crippen LogP contribution >= 0.6 is 0 Å². The van der Waals surface area contributed by atoms with E-state index in [9.17, 15) is 8.42 Å². The molecule has 0 aromatic carbocycles. The zero-order chi connectivity index (χ0) is 12.5. The molecule has 0 amide bonds. The molecule has 100 valence electrons. The van der Waals surface area contributed by atoms with Crippen LogP contribution in [0.4, 0.5) is 0 Å². The highest BCUT2D eigenvalue weighted by atomic mass is 32.2. The summed E-state index contributed by atoms with van der Waals surface area (Å²) in [7, 11) is -2.80. The topological polar surface area (TPSA) is 72.2 Å². The van der Waals surface area contributed by atoms with Crippen molar-refractivity contribution in [3.8, 4) is 0 Å². The van der Waals surface area contributed by atoms with Crippen LogP contribution in [-0.2, 0) is 9.84 Å². The highest BCUT2D eigenvalue weighted by Gasteiger charge is 2.37. The molecule has 2 aliphatic rings. The molecule has 0 aromatic rings. The lowest BCUT2D eigenvalue weighted by Crippen LogP contribution is -2.56. The Bertz CT molecular complexity index is 349. The van der Waals surface area contributed by atoms with Crippen molar-refractivity contribution in [2.45, 2.75) is 38.1 Å². The largest absolute Gasteiger partial charge is 0.329 e. The molecule has 2 rings (SSSR count). The van der Waals surface area contributed by atoms with Gasteiger partial charge < -0.3 is 11.1 Å². The molecule has 0 radical (unpaired) electrons. The fraction of sp³-hybridized carbons (Fsp3) is 1.00. The smallest absolute Gasteiger partial charge is 0.150 e. The van der Waals surface area contributed by atoms with Crippen molar-refractivity contribution in [3.05, 3.63) is 0 Å². The molecule has 2 fully saturated rings. The molecule has 1 aliphatic carbocycles. The maximum absolute atomic E-state index is 11.4. The first kappa shape index (κ1) is 13.3. The van der Waals surface area contributed by atoms with E-state index in [0.29, 0.717) is 25.3 Å². The average molecular weight is 260 g/mol. The summed E-state index contributed by atoms with van der Waals surface area (Å²) in [5.74, 6) is 2.14. The lowest BCUT2D eigenvalue weighted by atomic mass is 9.91. The second kappa shape index (κ2) is 4.86. The summed E-state index contributed by atoms with van der Waals surface area (Å²) in [5.41, 5.74) is 5.72. The number of rotatable bonds is 5. The number of nitrogens with one attached hydrogen (secondary N) is 1. The SMILES string of the molecule is CC(CNC1(CN)CCS(=O)(=O)CC1)C1CC1. The van der Waals surface area contributed by atoms with Crippen LogP contribution in [0.25, 0.3) is 0 Å². The van der Waals surface area contributed by atoms with Gasteiger partial charge >= 0.3 is 0 Å². The summed E-state index contributed by atoms with van der Waals surface area (Å²) in [6, 6.07) is 0. The Morgan fingerprint density at radius 3 is 2.41 bits per heavy atom. The Hall–Kier alpha value is -0.130. The van der Waals surface area contributed by atoms with Gasteiger partial charge in [0.1, 0.15) is 9.84 Å². The van der Waals surface area contributed by atoms with Gasteiger partial charge in [0.15, 0.2) is 0 Å². The number of nitrogens with two attached hydrogens (primary N) is 1. The molecule has 0 spiro atoms. The first-order chi connectivity index (χ1) is 7.96. The van der Waals surface area contributed by atoms with Crippen molar-refractivity contribution < 1.29 is 8.42 Å². The third kappa shape index (κ3) is 3.42. The van der Waals surface area contributed by atoms with E-state index in [4.69, 9.17) is 5.73 Å². The minimum absolute atomic E-state index is 0.130. The first-order valence-corrected chi connectivity index (χ1v) is 8.44. The van der Waals surface area contributed by atoms with Gasteiger partial charge in [-0.05, 0) is 44.1 Å². The number of hydrogen-bond donors (Lipinski definition) is 2. The van der Waals surface area contributed by atoms with Crippen LogP contribution in [0.15, 0.2) is 0 Å². The Balaban J connectivity index is 1.86. The van der Waals surface area contributed by atoms with Gasteiger partial charge in [-0.15, -0.1) is 0 Å². The molecule has 1 aliphatic heterocycles. The lowest BCUT2D eigenvalue weighted by Gasteiger charge is -2.38. The summed E-state index contributed by atoms with van der Waals surface area (Å²) in [6.45, 7) is 3.79. The monoisotopic (exact) mass is 260 g/mol. The zero-order valence-electron chi connectivity index (χ0n) is 10.6. The average Bonchev–Trinajstić information content (AvgIpc) is 3.12. The van der Waals surface area contributed by atoms with Gasteiger partial charge in [-0.3, -0.25) is 0 Å². The summed E-state index contributed by atoms with van der Waals surface area (Å²) in [4.78, 5) is 0. The Kier molecular flexibility index (Phi) is 3.80. The molecule has 1 saturated carbocycles. The second-order valence-corrected chi connectivity index (χ2v) is 8.14. The van der Waals surface area contributed by atoms with Gasteiger partial charge in [-0.2, -0.15) is 0 Å². The quantitative estimate of drug-likeness (QED) is 0.756. The van der Waals surface area contributed by atoms with Gasteiger partial charge in [0.25, 0.3) is 0 Å². The van der Waals surface area contributed by atoms with Crippen molar-refractivity contribution >= 4 is 9.84 Å². The van der Waals surface area contributed by atoms with Crippen LogP contribution in [0.5, 0.6) is 0 Å². The normalized spacial score (nSPS) is 28.8. The third-order valence-electron chi connectivity index (χ3n) is 4.40. The summed E-state index contributed by atoms with van der Waals surface area (Å²) in [6.07, 6.45) is 4.05. The third-order valence-corrected chi connectivity index (χ3v) is 6.05. The molecule has 1 atom stereocenters. The van der Waals surface area contributed by atoms with Gasteiger partial charge in [-0.1, -0.05) is 6.92 Å². The molecule has 1 saturated heterocycles. The Morgan fingerprint density at radius 2 is 1.94 bits per heavy atom. The van der Waals surface area contributed by atoms with E-state index in [-0.39, 0.29) is 17.0 Å². The molecule has 0 aromatic heterocycles. The van der Waals surface area contributed by atoms with E-state index in [1.54, 1.807) is 0 Å². The van der Waals surface area contributed by atoms with Crippen molar-refractivity contribution in [2.24, 2.45) is 17.6 Å². The molecule has 1 heterocycles. The van der Waals surface area contributed by atoms with E-state index in [2.05, 4.69) is 12.2 Å². The van der Waals surface area contributed by atoms with Crippen molar-refractivity contribution in [2.75, 3.05) is 24.6 Å². The van der Waals surface area contributed by atoms with Gasteiger partial charge in [0.05, 0.1) is 11.5 Å². The van der Waals surface area contributed by atoms with Crippen molar-refractivity contribution in [1.29, 1.82) is 0 Å². The second-order valence-electron chi connectivity index (χ2n) is 5.83. The minimum atomic E-state index is -2.80. The van der Waals surface area contributed by atoms with E-state index >= 15 is 0 Å². The fourth-order valence-corrected chi connectivity index (χ4v) is 4.20. The molecular formula is C12H24N2O2S. The van der Waals surface area contributed by atoms with Gasteiger partial charge in [-0.25, -0.2) is 8.42 Å². The Morgan fingerprint density at radius 1 is 1.35 bits per heavy atom. The van der Waals surface area contributed by atoms with Gasteiger partial charge in [0.2, 0.25) is 0 Å². The zero-order valence-corrected chi connectivity index (χ0v) is 11.4. The molecule has 5 heteroatoms. The van der Waals surface area contributed by atoms with Crippen LogP contribution in [0, 0.1) is 11.8 Å². The predicted octanol–water partition coefficient (Wildman–Crippen LogP) is 0.528. The predicted molar refractivity (Wildman–Crippen MR) is 69.6 cm³/mol.